The van der Waals surface area contributed by atoms with Crippen LogP contribution in [0.1, 0.15) is 18.2 Å². The maximum Gasteiger partial charge on any atom is 0.239 e. The molecule has 5 heteroatoms. The van der Waals surface area contributed by atoms with Gasteiger partial charge in [0, 0.05) is 30.8 Å². The lowest BCUT2D eigenvalue weighted by molar-refractivity contribution is -0.133. The Morgan fingerprint density at radius 1 is 1.79 bits per heavy atom. The summed E-state index contributed by atoms with van der Waals surface area (Å²) < 4.78 is 0. The van der Waals surface area contributed by atoms with Gasteiger partial charge in [0.05, 0.1) is 12.2 Å². The standard InChI is InChI=1S/C9H14N4O/c1-6(10)9(14)13-3-2-8-7(5-13)4-11-12-8/h4,6H,2-3,5,10H2,1H3,(H,11,12)/t6-/m1/s1. The Kier molecular flexibility index (Phi) is 2.25. The van der Waals surface area contributed by atoms with Crippen molar-refractivity contribution in [2.45, 2.75) is 25.9 Å². The predicted molar refractivity (Wildman–Crippen MR) is 51.4 cm³/mol. The number of amides is 1. The first-order valence-corrected chi connectivity index (χ1v) is 4.74. The van der Waals surface area contributed by atoms with E-state index < -0.39 is 6.04 Å². The molecule has 1 aromatic rings. The Morgan fingerprint density at radius 3 is 3.29 bits per heavy atom. The zero-order chi connectivity index (χ0) is 10.1. The Labute approximate surface area is 82.3 Å². The molecule has 5 nitrogen and oxygen atoms in total. The number of nitrogens with zero attached hydrogens (tertiary/aromatic N) is 2. The number of carbonyl (C=O) groups is 1. The van der Waals surface area contributed by atoms with Gasteiger partial charge in [0.15, 0.2) is 0 Å². The van der Waals surface area contributed by atoms with Crippen molar-refractivity contribution >= 4 is 5.91 Å². The van der Waals surface area contributed by atoms with Gasteiger partial charge in [0.25, 0.3) is 0 Å². The number of aromatic amines is 1. The Morgan fingerprint density at radius 2 is 2.57 bits per heavy atom. The van der Waals surface area contributed by atoms with Crippen molar-refractivity contribution in [3.63, 3.8) is 0 Å². The van der Waals surface area contributed by atoms with E-state index in [0.29, 0.717) is 6.54 Å². The molecule has 0 bridgehead atoms. The van der Waals surface area contributed by atoms with Crippen LogP contribution >= 0.6 is 0 Å². The summed E-state index contributed by atoms with van der Waals surface area (Å²) in [4.78, 5) is 13.4. The van der Waals surface area contributed by atoms with Crippen LogP contribution in [0.15, 0.2) is 6.20 Å². The summed E-state index contributed by atoms with van der Waals surface area (Å²) in [6.45, 7) is 3.08. The smallest absolute Gasteiger partial charge is 0.239 e. The number of H-pyrrole nitrogens is 1. The van der Waals surface area contributed by atoms with Crippen molar-refractivity contribution in [2.24, 2.45) is 5.73 Å². The van der Waals surface area contributed by atoms with E-state index in [1.165, 1.54) is 0 Å². The molecule has 0 saturated carbocycles. The van der Waals surface area contributed by atoms with Crippen LogP contribution in [0.2, 0.25) is 0 Å². The van der Waals surface area contributed by atoms with Gasteiger partial charge in [0.1, 0.15) is 0 Å². The maximum atomic E-state index is 11.6. The fraction of sp³-hybridized carbons (Fsp3) is 0.556. The van der Waals surface area contributed by atoms with Gasteiger partial charge in [-0.1, -0.05) is 0 Å². The average Bonchev–Trinajstić information content (AvgIpc) is 2.62. The van der Waals surface area contributed by atoms with E-state index in [4.69, 9.17) is 5.73 Å². The highest BCUT2D eigenvalue weighted by Crippen LogP contribution is 2.16. The van der Waals surface area contributed by atoms with Gasteiger partial charge >= 0.3 is 0 Å². The predicted octanol–water partition coefficient (Wildman–Crippen LogP) is -0.358. The normalized spacial score (nSPS) is 17.7. The highest BCUT2D eigenvalue weighted by Gasteiger charge is 2.23. The molecule has 76 valence electrons. The third kappa shape index (κ3) is 1.50. The van der Waals surface area contributed by atoms with E-state index in [1.54, 1.807) is 18.0 Å². The molecule has 0 spiro atoms. The number of rotatable bonds is 1. The minimum Gasteiger partial charge on any atom is -0.337 e. The van der Waals surface area contributed by atoms with E-state index in [0.717, 1.165) is 24.2 Å². The van der Waals surface area contributed by atoms with Crippen LogP contribution in [-0.4, -0.2) is 33.6 Å². The summed E-state index contributed by atoms with van der Waals surface area (Å²) in [6.07, 6.45) is 2.61. The van der Waals surface area contributed by atoms with Crippen LogP contribution in [0.5, 0.6) is 0 Å². The quantitative estimate of drug-likeness (QED) is 0.641. The fourth-order valence-electron chi connectivity index (χ4n) is 1.70. The molecular weight excluding hydrogens is 180 g/mol. The topological polar surface area (TPSA) is 75.0 Å². The number of hydrogen-bond donors (Lipinski definition) is 2. The van der Waals surface area contributed by atoms with Crippen molar-refractivity contribution in [2.75, 3.05) is 6.54 Å². The molecule has 14 heavy (non-hydrogen) atoms. The van der Waals surface area contributed by atoms with Crippen molar-refractivity contribution in [3.05, 3.63) is 17.5 Å². The van der Waals surface area contributed by atoms with Crippen LogP contribution in [0.4, 0.5) is 0 Å². The van der Waals surface area contributed by atoms with Gasteiger partial charge in [-0.2, -0.15) is 5.10 Å². The first kappa shape index (κ1) is 9.21. The summed E-state index contributed by atoms with van der Waals surface area (Å²) >= 11 is 0. The zero-order valence-corrected chi connectivity index (χ0v) is 8.16. The molecule has 1 atom stereocenters. The third-order valence-corrected chi connectivity index (χ3v) is 2.50. The van der Waals surface area contributed by atoms with Crippen LogP contribution in [0.3, 0.4) is 0 Å². The lowest BCUT2D eigenvalue weighted by Crippen LogP contribution is -2.44. The second kappa shape index (κ2) is 3.42. The van der Waals surface area contributed by atoms with E-state index in [1.807, 2.05) is 0 Å². The highest BCUT2D eigenvalue weighted by molar-refractivity contribution is 5.81. The van der Waals surface area contributed by atoms with E-state index >= 15 is 0 Å². The number of hydrogen-bond acceptors (Lipinski definition) is 3. The van der Waals surface area contributed by atoms with Crippen LogP contribution in [0.25, 0.3) is 0 Å². The molecule has 0 aromatic carbocycles. The molecule has 1 aromatic heterocycles. The van der Waals surface area contributed by atoms with Crippen LogP contribution in [0, 0.1) is 0 Å². The summed E-state index contributed by atoms with van der Waals surface area (Å²) in [5.74, 6) is 0.0110. The molecule has 2 rings (SSSR count). The first-order chi connectivity index (χ1) is 6.68. The van der Waals surface area contributed by atoms with Crippen molar-refractivity contribution in [1.29, 1.82) is 0 Å². The molecule has 3 N–H and O–H groups in total. The molecule has 0 aliphatic carbocycles. The molecule has 1 aliphatic rings. The SMILES string of the molecule is C[C@@H](N)C(=O)N1CCc2[nH]ncc2C1. The van der Waals surface area contributed by atoms with Crippen molar-refractivity contribution < 1.29 is 4.79 Å². The number of nitrogens with one attached hydrogen (secondary N) is 1. The van der Waals surface area contributed by atoms with Gasteiger partial charge in [-0.15, -0.1) is 0 Å². The van der Waals surface area contributed by atoms with Gasteiger partial charge in [-0.25, -0.2) is 0 Å². The molecule has 0 fully saturated rings. The van der Waals surface area contributed by atoms with Crippen LogP contribution in [-0.2, 0) is 17.8 Å². The zero-order valence-electron chi connectivity index (χ0n) is 8.16. The largest absolute Gasteiger partial charge is 0.337 e. The molecular formula is C9H14N4O. The van der Waals surface area contributed by atoms with Gasteiger partial charge in [0.2, 0.25) is 5.91 Å². The average molecular weight is 194 g/mol. The Bertz CT molecular complexity index is 344. The molecule has 0 saturated heterocycles. The molecule has 2 heterocycles. The van der Waals surface area contributed by atoms with Crippen molar-refractivity contribution in [1.82, 2.24) is 15.1 Å². The summed E-state index contributed by atoms with van der Waals surface area (Å²) in [5.41, 5.74) is 7.79. The van der Waals surface area contributed by atoms with E-state index in [9.17, 15) is 4.79 Å². The minimum absolute atomic E-state index is 0.0110. The summed E-state index contributed by atoms with van der Waals surface area (Å²) in [5, 5.41) is 6.88. The first-order valence-electron chi connectivity index (χ1n) is 4.74. The fourth-order valence-corrected chi connectivity index (χ4v) is 1.70. The Balaban J connectivity index is 2.11. The summed E-state index contributed by atoms with van der Waals surface area (Å²) in [7, 11) is 0. The molecule has 0 unspecified atom stereocenters. The number of aromatic nitrogens is 2. The number of carbonyl (C=O) groups excluding carboxylic acids is 1. The molecule has 1 aliphatic heterocycles. The molecule has 1 amide bonds. The highest BCUT2D eigenvalue weighted by atomic mass is 16.2. The third-order valence-electron chi connectivity index (χ3n) is 2.50. The number of fused-ring (bicyclic) bond motifs is 1. The van der Waals surface area contributed by atoms with Gasteiger partial charge < -0.3 is 10.6 Å². The number of nitrogens with two attached hydrogens (primary N) is 1. The van der Waals surface area contributed by atoms with Crippen LogP contribution < -0.4 is 5.73 Å². The van der Waals surface area contributed by atoms with E-state index in [-0.39, 0.29) is 5.91 Å². The van der Waals surface area contributed by atoms with Gasteiger partial charge in [-0.05, 0) is 6.92 Å². The van der Waals surface area contributed by atoms with Gasteiger partial charge in [-0.3, -0.25) is 9.89 Å². The second-order valence-corrected chi connectivity index (χ2v) is 3.67. The van der Waals surface area contributed by atoms with Crippen molar-refractivity contribution in [3.8, 4) is 0 Å². The summed E-state index contributed by atoms with van der Waals surface area (Å²) in [6, 6.07) is -0.413. The molecule has 0 radical (unpaired) electrons. The lowest BCUT2D eigenvalue weighted by Gasteiger charge is -2.27. The maximum absolute atomic E-state index is 11.6. The van der Waals surface area contributed by atoms with E-state index in [2.05, 4.69) is 10.2 Å². The lowest BCUT2D eigenvalue weighted by atomic mass is 10.1. The second-order valence-electron chi connectivity index (χ2n) is 3.67. The monoisotopic (exact) mass is 194 g/mol. The Hall–Kier alpha value is -1.36. The minimum atomic E-state index is -0.413.